The maximum absolute atomic E-state index is 10.9. The van der Waals surface area contributed by atoms with Crippen molar-refractivity contribution in [2.45, 2.75) is 45.2 Å². The van der Waals surface area contributed by atoms with Crippen molar-refractivity contribution in [3.8, 4) is 0 Å². The molecule has 2 aliphatic rings. The average Bonchev–Trinajstić information content (AvgIpc) is 2.56. The van der Waals surface area contributed by atoms with Crippen LogP contribution in [-0.4, -0.2) is 40.8 Å². The van der Waals surface area contributed by atoms with Crippen LogP contribution in [0.2, 0.25) is 0 Å². The van der Waals surface area contributed by atoms with E-state index in [1.165, 1.54) is 0 Å². The lowest BCUT2D eigenvalue weighted by atomic mass is 10.0. The van der Waals surface area contributed by atoms with Crippen molar-refractivity contribution in [3.63, 3.8) is 0 Å². The summed E-state index contributed by atoms with van der Waals surface area (Å²) in [7, 11) is 0. The lowest BCUT2D eigenvalue weighted by Crippen LogP contribution is -2.43. The lowest BCUT2D eigenvalue weighted by molar-refractivity contribution is 0.151. The summed E-state index contributed by atoms with van der Waals surface area (Å²) in [5.41, 5.74) is 0.162. The van der Waals surface area contributed by atoms with Crippen molar-refractivity contribution in [1.29, 1.82) is 0 Å². The van der Waals surface area contributed by atoms with Gasteiger partial charge < -0.3 is 15.3 Å². The van der Waals surface area contributed by atoms with E-state index in [1.807, 2.05) is 0 Å². The van der Waals surface area contributed by atoms with Crippen molar-refractivity contribution in [2.24, 2.45) is 11.8 Å². The summed E-state index contributed by atoms with van der Waals surface area (Å²) in [6, 6.07) is 0.575. The van der Waals surface area contributed by atoms with E-state index in [0.29, 0.717) is 17.9 Å². The van der Waals surface area contributed by atoms with Gasteiger partial charge in [-0.3, -0.25) is 0 Å². The molecule has 2 unspecified atom stereocenters. The van der Waals surface area contributed by atoms with Crippen molar-refractivity contribution >= 4 is 6.09 Å². The summed E-state index contributed by atoms with van der Waals surface area (Å²) in [6.45, 7) is 8.03. The Morgan fingerprint density at radius 2 is 1.75 bits per heavy atom. The van der Waals surface area contributed by atoms with Crippen LogP contribution < -0.4 is 5.32 Å². The first-order valence-electron chi connectivity index (χ1n) is 6.11. The Hall–Kier alpha value is -0.770. The molecule has 0 bridgehead atoms. The molecule has 2 fully saturated rings. The van der Waals surface area contributed by atoms with Crippen molar-refractivity contribution in [1.82, 2.24) is 10.2 Å². The SMILES string of the molecule is CC(C)(C)NC1CC2CN(C(=O)O)CC2C1. The molecule has 4 nitrogen and oxygen atoms in total. The third-order valence-electron chi connectivity index (χ3n) is 3.66. The van der Waals surface area contributed by atoms with Crippen molar-refractivity contribution in [2.75, 3.05) is 13.1 Å². The van der Waals surface area contributed by atoms with E-state index in [4.69, 9.17) is 5.11 Å². The lowest BCUT2D eigenvalue weighted by Gasteiger charge is -2.27. The maximum Gasteiger partial charge on any atom is 0.407 e. The van der Waals surface area contributed by atoms with Gasteiger partial charge in [0.1, 0.15) is 0 Å². The summed E-state index contributed by atoms with van der Waals surface area (Å²) in [6.07, 6.45) is 1.51. The molecule has 1 amide bonds. The molecule has 16 heavy (non-hydrogen) atoms. The van der Waals surface area contributed by atoms with Gasteiger partial charge in [-0.05, 0) is 45.4 Å². The van der Waals surface area contributed by atoms with Crippen LogP contribution in [0.3, 0.4) is 0 Å². The predicted molar refractivity (Wildman–Crippen MR) is 62.5 cm³/mol. The Labute approximate surface area is 97.0 Å². The van der Waals surface area contributed by atoms with E-state index in [9.17, 15) is 4.79 Å². The van der Waals surface area contributed by atoms with Gasteiger partial charge in [-0.25, -0.2) is 4.79 Å². The van der Waals surface area contributed by atoms with E-state index in [1.54, 1.807) is 4.90 Å². The molecule has 1 saturated heterocycles. The molecule has 0 spiro atoms. The molecule has 1 aliphatic heterocycles. The van der Waals surface area contributed by atoms with Crippen LogP contribution in [0.25, 0.3) is 0 Å². The minimum absolute atomic E-state index is 0.162. The molecule has 0 aromatic rings. The Balaban J connectivity index is 1.87. The molecule has 0 radical (unpaired) electrons. The fourth-order valence-corrected chi connectivity index (χ4v) is 3.19. The second-order valence-electron chi connectivity index (χ2n) is 6.27. The zero-order valence-electron chi connectivity index (χ0n) is 10.4. The fourth-order valence-electron chi connectivity index (χ4n) is 3.19. The number of carboxylic acid groups (broad SMARTS) is 1. The predicted octanol–water partition coefficient (Wildman–Crippen LogP) is 1.76. The van der Waals surface area contributed by atoms with Gasteiger partial charge >= 0.3 is 6.09 Å². The summed E-state index contributed by atoms with van der Waals surface area (Å²) in [4.78, 5) is 12.4. The van der Waals surface area contributed by atoms with Crippen LogP contribution >= 0.6 is 0 Å². The number of amides is 1. The minimum Gasteiger partial charge on any atom is -0.465 e. The third kappa shape index (κ3) is 2.48. The fraction of sp³-hybridized carbons (Fsp3) is 0.917. The van der Waals surface area contributed by atoms with Crippen molar-refractivity contribution < 1.29 is 9.90 Å². The molecule has 0 aromatic carbocycles. The smallest absolute Gasteiger partial charge is 0.407 e. The Morgan fingerprint density at radius 1 is 1.25 bits per heavy atom. The van der Waals surface area contributed by atoms with Crippen LogP contribution in [0.4, 0.5) is 4.79 Å². The molecule has 1 aliphatic carbocycles. The van der Waals surface area contributed by atoms with Crippen molar-refractivity contribution in [3.05, 3.63) is 0 Å². The first-order valence-corrected chi connectivity index (χ1v) is 6.11. The van der Waals surface area contributed by atoms with Crippen LogP contribution in [0.5, 0.6) is 0 Å². The van der Waals surface area contributed by atoms with Gasteiger partial charge in [-0.15, -0.1) is 0 Å². The standard InChI is InChI=1S/C12H22N2O2/c1-12(2,3)13-10-4-8-6-14(11(15)16)7-9(8)5-10/h8-10,13H,4-7H2,1-3H3,(H,15,16). The van der Waals surface area contributed by atoms with E-state index in [2.05, 4.69) is 26.1 Å². The average molecular weight is 226 g/mol. The van der Waals surface area contributed by atoms with Crippen LogP contribution in [0, 0.1) is 11.8 Å². The number of fused-ring (bicyclic) bond motifs is 1. The maximum atomic E-state index is 10.9. The van der Waals surface area contributed by atoms with Gasteiger partial charge in [0, 0.05) is 24.7 Å². The molecule has 2 N–H and O–H groups in total. The highest BCUT2D eigenvalue weighted by Gasteiger charge is 2.42. The largest absolute Gasteiger partial charge is 0.465 e. The molecule has 4 heteroatoms. The molecule has 0 aromatic heterocycles. The molecular formula is C12H22N2O2. The molecule has 1 saturated carbocycles. The van der Waals surface area contributed by atoms with Gasteiger partial charge in [-0.1, -0.05) is 0 Å². The van der Waals surface area contributed by atoms with Gasteiger partial charge in [0.2, 0.25) is 0 Å². The quantitative estimate of drug-likeness (QED) is 0.716. The highest BCUT2D eigenvalue weighted by atomic mass is 16.4. The van der Waals surface area contributed by atoms with Crippen LogP contribution in [0.1, 0.15) is 33.6 Å². The summed E-state index contributed by atoms with van der Waals surface area (Å²) >= 11 is 0. The number of rotatable bonds is 1. The van der Waals surface area contributed by atoms with E-state index in [-0.39, 0.29) is 5.54 Å². The molecule has 2 rings (SSSR count). The normalized spacial score (nSPS) is 34.2. The Kier molecular flexibility index (Phi) is 2.86. The van der Waals surface area contributed by atoms with Crippen LogP contribution in [-0.2, 0) is 0 Å². The first kappa shape index (κ1) is 11.7. The zero-order valence-corrected chi connectivity index (χ0v) is 10.4. The molecule has 1 heterocycles. The topological polar surface area (TPSA) is 52.6 Å². The molecular weight excluding hydrogens is 204 g/mol. The van der Waals surface area contributed by atoms with Gasteiger partial charge in [-0.2, -0.15) is 0 Å². The van der Waals surface area contributed by atoms with E-state index >= 15 is 0 Å². The van der Waals surface area contributed by atoms with Gasteiger partial charge in [0.25, 0.3) is 0 Å². The number of hydrogen-bond donors (Lipinski definition) is 2. The van der Waals surface area contributed by atoms with Gasteiger partial charge in [0.15, 0.2) is 0 Å². The first-order chi connectivity index (χ1) is 7.35. The second-order valence-corrected chi connectivity index (χ2v) is 6.27. The second kappa shape index (κ2) is 3.91. The number of likely N-dealkylation sites (tertiary alicyclic amines) is 1. The van der Waals surface area contributed by atoms with E-state index < -0.39 is 6.09 Å². The summed E-state index contributed by atoms with van der Waals surface area (Å²) in [5, 5.41) is 12.6. The highest BCUT2D eigenvalue weighted by Crippen LogP contribution is 2.38. The van der Waals surface area contributed by atoms with Crippen LogP contribution in [0.15, 0.2) is 0 Å². The highest BCUT2D eigenvalue weighted by molar-refractivity contribution is 5.65. The molecule has 92 valence electrons. The number of carbonyl (C=O) groups is 1. The Morgan fingerprint density at radius 3 is 2.12 bits per heavy atom. The molecule has 2 atom stereocenters. The zero-order chi connectivity index (χ0) is 11.9. The minimum atomic E-state index is -0.755. The number of hydrogen-bond acceptors (Lipinski definition) is 2. The number of nitrogens with one attached hydrogen (secondary N) is 1. The third-order valence-corrected chi connectivity index (χ3v) is 3.66. The summed E-state index contributed by atoms with van der Waals surface area (Å²) < 4.78 is 0. The monoisotopic (exact) mass is 226 g/mol. The Bertz CT molecular complexity index is 271. The number of nitrogens with zero attached hydrogens (tertiary/aromatic N) is 1. The summed E-state index contributed by atoms with van der Waals surface area (Å²) in [5.74, 6) is 1.16. The van der Waals surface area contributed by atoms with E-state index in [0.717, 1.165) is 25.9 Å². The van der Waals surface area contributed by atoms with Gasteiger partial charge in [0.05, 0.1) is 0 Å².